The van der Waals surface area contributed by atoms with Crippen LogP contribution < -0.4 is 9.62 Å². The van der Waals surface area contributed by atoms with Crippen LogP contribution in [0, 0.1) is 0 Å². The van der Waals surface area contributed by atoms with Gasteiger partial charge in [0.2, 0.25) is 5.95 Å². The zero-order chi connectivity index (χ0) is 19.0. The van der Waals surface area contributed by atoms with Crippen LogP contribution in [0.5, 0.6) is 0 Å². The van der Waals surface area contributed by atoms with Gasteiger partial charge in [-0.25, -0.2) is 18.4 Å². The molecular weight excluding hydrogens is 407 g/mol. The molecule has 3 aromatic rings. The predicted molar refractivity (Wildman–Crippen MR) is 106 cm³/mol. The summed E-state index contributed by atoms with van der Waals surface area (Å²) in [5.41, 5.74) is 2.29. The Labute approximate surface area is 166 Å². The molecule has 0 unspecified atom stereocenters. The van der Waals surface area contributed by atoms with Crippen LogP contribution in [0.4, 0.5) is 17.3 Å². The summed E-state index contributed by atoms with van der Waals surface area (Å²) in [6, 6.07) is 11.4. The maximum absolute atomic E-state index is 12.8. The van der Waals surface area contributed by atoms with Crippen molar-refractivity contribution in [1.82, 2.24) is 9.97 Å². The fraction of sp³-hybridized carbons (Fsp3) is 0.111. The van der Waals surface area contributed by atoms with Gasteiger partial charge in [0.15, 0.2) is 0 Å². The summed E-state index contributed by atoms with van der Waals surface area (Å²) in [5.74, 6) is 0.581. The van der Waals surface area contributed by atoms with E-state index in [1.165, 1.54) is 18.2 Å². The molecule has 27 heavy (non-hydrogen) atoms. The van der Waals surface area contributed by atoms with Gasteiger partial charge in [0.1, 0.15) is 0 Å². The monoisotopic (exact) mass is 420 g/mol. The van der Waals surface area contributed by atoms with E-state index in [0.29, 0.717) is 24.6 Å². The van der Waals surface area contributed by atoms with Gasteiger partial charge < -0.3 is 4.90 Å². The fourth-order valence-corrected chi connectivity index (χ4v) is 4.87. The molecule has 2 aromatic carbocycles. The Morgan fingerprint density at radius 3 is 2.41 bits per heavy atom. The number of nitrogens with zero attached hydrogens (tertiary/aromatic N) is 3. The molecule has 0 aliphatic carbocycles. The highest BCUT2D eigenvalue weighted by molar-refractivity contribution is 7.92. The molecule has 0 spiro atoms. The van der Waals surface area contributed by atoms with Crippen LogP contribution in [0.3, 0.4) is 0 Å². The highest BCUT2D eigenvalue weighted by Gasteiger charge is 2.26. The Balaban J connectivity index is 1.69. The second kappa shape index (κ2) is 6.99. The molecule has 4 rings (SSSR count). The van der Waals surface area contributed by atoms with Crippen LogP contribution in [0.1, 0.15) is 5.56 Å². The second-order valence-electron chi connectivity index (χ2n) is 5.96. The third kappa shape index (κ3) is 3.58. The first kappa shape index (κ1) is 18.0. The molecule has 0 radical (unpaired) electrons. The number of hydrogen-bond acceptors (Lipinski definition) is 5. The van der Waals surface area contributed by atoms with E-state index in [-0.39, 0.29) is 14.9 Å². The lowest BCUT2D eigenvalue weighted by atomic mass is 10.1. The van der Waals surface area contributed by atoms with Crippen molar-refractivity contribution in [2.75, 3.05) is 16.2 Å². The van der Waals surface area contributed by atoms with Gasteiger partial charge in [0.25, 0.3) is 10.0 Å². The average Bonchev–Trinajstić information content (AvgIpc) is 3.07. The Morgan fingerprint density at radius 2 is 1.70 bits per heavy atom. The van der Waals surface area contributed by atoms with Crippen LogP contribution in [0.2, 0.25) is 10.0 Å². The van der Waals surface area contributed by atoms with Gasteiger partial charge in [-0.15, -0.1) is 0 Å². The van der Waals surface area contributed by atoms with Crippen LogP contribution >= 0.6 is 23.2 Å². The second-order valence-corrected chi connectivity index (χ2v) is 8.52. The van der Waals surface area contributed by atoms with Gasteiger partial charge in [-0.05, 0) is 42.8 Å². The van der Waals surface area contributed by atoms with E-state index >= 15 is 0 Å². The van der Waals surface area contributed by atoms with Crippen molar-refractivity contribution in [2.45, 2.75) is 11.3 Å². The number of hydrogen-bond donors (Lipinski definition) is 1. The topological polar surface area (TPSA) is 75.2 Å². The SMILES string of the molecule is O=S(=O)(Nc1cccc2c1CCN2c1ncccn1)c1cc(Cl)cc(Cl)c1. The van der Waals surface area contributed by atoms with Crippen molar-refractivity contribution in [3.8, 4) is 0 Å². The first-order valence-electron chi connectivity index (χ1n) is 8.09. The standard InChI is InChI=1S/C18H14Cl2N4O2S/c19-12-9-13(20)11-14(10-12)27(25,26)23-16-3-1-4-17-15(16)5-8-24(17)18-21-6-2-7-22-18/h1-4,6-7,9-11,23H,5,8H2. The number of halogens is 2. The molecule has 0 saturated heterocycles. The molecule has 0 saturated carbocycles. The zero-order valence-electron chi connectivity index (χ0n) is 13.9. The van der Waals surface area contributed by atoms with Crippen molar-refractivity contribution in [3.63, 3.8) is 0 Å². The normalized spacial score (nSPS) is 13.5. The molecule has 6 nitrogen and oxygen atoms in total. The predicted octanol–water partition coefficient (Wildman–Crippen LogP) is 4.28. The van der Waals surface area contributed by atoms with E-state index in [2.05, 4.69) is 14.7 Å². The van der Waals surface area contributed by atoms with Crippen LogP contribution in [0.25, 0.3) is 0 Å². The summed E-state index contributed by atoms with van der Waals surface area (Å²) in [6.07, 6.45) is 4.02. The number of aromatic nitrogens is 2. The highest BCUT2D eigenvalue weighted by Crippen LogP contribution is 2.37. The Morgan fingerprint density at radius 1 is 1.00 bits per heavy atom. The van der Waals surface area contributed by atoms with E-state index < -0.39 is 10.0 Å². The average molecular weight is 421 g/mol. The Hall–Kier alpha value is -2.35. The minimum Gasteiger partial charge on any atom is -0.310 e. The van der Waals surface area contributed by atoms with Gasteiger partial charge in [-0.1, -0.05) is 29.3 Å². The van der Waals surface area contributed by atoms with E-state index in [0.717, 1.165) is 11.3 Å². The summed E-state index contributed by atoms with van der Waals surface area (Å²) in [7, 11) is -3.83. The molecule has 1 N–H and O–H groups in total. The van der Waals surface area contributed by atoms with Crippen LogP contribution in [-0.4, -0.2) is 24.9 Å². The van der Waals surface area contributed by atoms with Crippen LogP contribution in [0.15, 0.2) is 59.8 Å². The molecule has 0 atom stereocenters. The molecule has 138 valence electrons. The molecule has 9 heteroatoms. The molecule has 1 aliphatic rings. The maximum Gasteiger partial charge on any atom is 0.262 e. The van der Waals surface area contributed by atoms with Crippen molar-refractivity contribution >= 4 is 50.5 Å². The molecule has 2 heterocycles. The van der Waals surface area contributed by atoms with Crippen molar-refractivity contribution in [1.29, 1.82) is 0 Å². The zero-order valence-corrected chi connectivity index (χ0v) is 16.3. The summed E-state index contributed by atoms with van der Waals surface area (Å²) in [6.45, 7) is 0.668. The third-order valence-corrected chi connectivity index (χ3v) is 5.99. The fourth-order valence-electron chi connectivity index (χ4n) is 3.06. The highest BCUT2D eigenvalue weighted by atomic mass is 35.5. The van der Waals surface area contributed by atoms with Gasteiger partial charge in [-0.3, -0.25) is 4.72 Å². The molecular formula is C18H14Cl2N4O2S. The van der Waals surface area contributed by atoms with E-state index in [9.17, 15) is 8.42 Å². The van der Waals surface area contributed by atoms with E-state index in [1.807, 2.05) is 11.0 Å². The molecule has 1 aromatic heterocycles. The van der Waals surface area contributed by atoms with Crippen LogP contribution in [-0.2, 0) is 16.4 Å². The minimum absolute atomic E-state index is 0.0128. The van der Waals surface area contributed by atoms with Crippen molar-refractivity contribution < 1.29 is 8.42 Å². The molecule has 1 aliphatic heterocycles. The lowest BCUT2D eigenvalue weighted by molar-refractivity contribution is 0.601. The summed E-state index contributed by atoms with van der Waals surface area (Å²) < 4.78 is 28.2. The van der Waals surface area contributed by atoms with Crippen molar-refractivity contribution in [3.05, 3.63) is 70.5 Å². The number of fused-ring (bicyclic) bond motifs is 1. The van der Waals surface area contributed by atoms with Crippen molar-refractivity contribution in [2.24, 2.45) is 0 Å². The largest absolute Gasteiger partial charge is 0.310 e. The Bertz CT molecular complexity index is 1090. The number of anilines is 3. The Kier molecular flexibility index (Phi) is 4.67. The minimum atomic E-state index is -3.83. The smallest absolute Gasteiger partial charge is 0.262 e. The maximum atomic E-state index is 12.8. The lowest BCUT2D eigenvalue weighted by Gasteiger charge is -2.17. The number of sulfonamides is 1. The van der Waals surface area contributed by atoms with Gasteiger partial charge >= 0.3 is 0 Å². The van der Waals surface area contributed by atoms with Gasteiger partial charge in [0.05, 0.1) is 10.6 Å². The quantitative estimate of drug-likeness (QED) is 0.681. The molecule has 0 fully saturated rings. The summed E-state index contributed by atoms with van der Waals surface area (Å²) in [4.78, 5) is 10.5. The number of rotatable bonds is 4. The van der Waals surface area contributed by atoms with Gasteiger partial charge in [0, 0.05) is 40.2 Å². The third-order valence-electron chi connectivity index (χ3n) is 4.21. The summed E-state index contributed by atoms with van der Waals surface area (Å²) in [5, 5.41) is 0.516. The summed E-state index contributed by atoms with van der Waals surface area (Å²) >= 11 is 11.9. The molecule has 0 bridgehead atoms. The van der Waals surface area contributed by atoms with E-state index in [4.69, 9.17) is 23.2 Å². The molecule has 0 amide bonds. The lowest BCUT2D eigenvalue weighted by Crippen LogP contribution is -2.16. The number of nitrogens with one attached hydrogen (secondary N) is 1. The first-order chi connectivity index (χ1) is 12.9. The van der Waals surface area contributed by atoms with Gasteiger partial charge in [-0.2, -0.15) is 0 Å². The first-order valence-corrected chi connectivity index (χ1v) is 10.3. The van der Waals surface area contributed by atoms with E-state index in [1.54, 1.807) is 30.6 Å². The number of benzene rings is 2.